The van der Waals surface area contributed by atoms with Crippen molar-refractivity contribution in [3.05, 3.63) is 82.6 Å². The molecule has 0 bridgehead atoms. The van der Waals surface area contributed by atoms with Crippen LogP contribution in [0.2, 0.25) is 0 Å². The van der Waals surface area contributed by atoms with Crippen LogP contribution < -0.4 is 4.90 Å². The number of nitrogens with one attached hydrogen (secondary N) is 1. The van der Waals surface area contributed by atoms with Crippen molar-refractivity contribution in [3.8, 4) is 16.9 Å². The molecule has 0 saturated heterocycles. The third-order valence-corrected chi connectivity index (χ3v) is 7.50. The van der Waals surface area contributed by atoms with Gasteiger partial charge in [0.05, 0.1) is 33.7 Å². The number of H-pyrrole nitrogens is 1. The Labute approximate surface area is 236 Å². The molecule has 1 N–H and O–H groups in total. The number of halogens is 6. The predicted molar refractivity (Wildman–Crippen MR) is 144 cm³/mol. The first kappa shape index (κ1) is 27.7. The smallest absolute Gasteiger partial charge is 0.336 e. The summed E-state index contributed by atoms with van der Waals surface area (Å²) in [4.78, 5) is 16.0. The van der Waals surface area contributed by atoms with Gasteiger partial charge in [-0.15, -0.1) is 0 Å². The lowest BCUT2D eigenvalue weighted by molar-refractivity contribution is -0.144. The first-order chi connectivity index (χ1) is 20.0. The lowest BCUT2D eigenvalue weighted by Gasteiger charge is -2.27. The van der Waals surface area contributed by atoms with Gasteiger partial charge >= 0.3 is 12.4 Å². The van der Waals surface area contributed by atoms with Gasteiger partial charge in [-0.3, -0.25) is 0 Å². The Morgan fingerprint density at radius 1 is 0.881 bits per heavy atom. The molecule has 0 saturated carbocycles. The highest BCUT2D eigenvalue weighted by molar-refractivity contribution is 5.93. The maximum atomic E-state index is 13.7. The maximum Gasteiger partial charge on any atom is 0.449 e. The Bertz CT molecular complexity index is 1740. The molecule has 3 aromatic heterocycles. The van der Waals surface area contributed by atoms with E-state index in [0.29, 0.717) is 37.1 Å². The third kappa shape index (κ3) is 4.76. The molecule has 218 valence electrons. The molecule has 1 aliphatic heterocycles. The molecule has 0 spiro atoms. The SMILES string of the molecule is CCc1cccc(CC)c1-n1nc2c(c1-c1cccc3[nH]c(C(F)(F)F)nc13)CN(c1ncc(C(F)(F)F)cn1)CC2. The molecule has 7 nitrogen and oxygen atoms in total. The highest BCUT2D eigenvalue weighted by atomic mass is 19.4. The number of nitrogens with zero attached hydrogens (tertiary/aromatic N) is 6. The minimum Gasteiger partial charge on any atom is -0.336 e. The van der Waals surface area contributed by atoms with Crippen LogP contribution in [-0.2, 0) is 38.2 Å². The Balaban J connectivity index is 1.56. The fourth-order valence-corrected chi connectivity index (χ4v) is 5.46. The van der Waals surface area contributed by atoms with Crippen LogP contribution in [0.3, 0.4) is 0 Å². The van der Waals surface area contributed by atoms with Crippen LogP contribution >= 0.6 is 0 Å². The van der Waals surface area contributed by atoms with Crippen molar-refractivity contribution in [3.63, 3.8) is 0 Å². The van der Waals surface area contributed by atoms with E-state index in [4.69, 9.17) is 5.10 Å². The largest absolute Gasteiger partial charge is 0.449 e. The van der Waals surface area contributed by atoms with E-state index in [1.165, 1.54) is 6.07 Å². The van der Waals surface area contributed by atoms with Crippen LogP contribution in [0.4, 0.5) is 32.3 Å². The highest BCUT2D eigenvalue weighted by Crippen LogP contribution is 2.39. The van der Waals surface area contributed by atoms with Crippen LogP contribution in [0.1, 0.15) is 47.6 Å². The van der Waals surface area contributed by atoms with E-state index in [2.05, 4.69) is 19.9 Å². The second-order valence-corrected chi connectivity index (χ2v) is 10.0. The van der Waals surface area contributed by atoms with E-state index in [1.54, 1.807) is 21.7 Å². The number of rotatable bonds is 5. The maximum absolute atomic E-state index is 13.7. The lowest BCUT2D eigenvalue weighted by Crippen LogP contribution is -2.31. The molecule has 6 rings (SSSR count). The molecule has 4 heterocycles. The summed E-state index contributed by atoms with van der Waals surface area (Å²) in [7, 11) is 0. The van der Waals surface area contributed by atoms with E-state index in [1.807, 2.05) is 32.0 Å². The molecule has 0 unspecified atom stereocenters. The van der Waals surface area contributed by atoms with Crippen molar-refractivity contribution in [2.75, 3.05) is 11.4 Å². The molecule has 13 heteroatoms. The van der Waals surface area contributed by atoms with E-state index in [9.17, 15) is 26.3 Å². The van der Waals surface area contributed by atoms with Crippen LogP contribution in [-0.4, -0.2) is 36.3 Å². The quantitative estimate of drug-likeness (QED) is 0.227. The van der Waals surface area contributed by atoms with Crippen LogP contribution in [0.5, 0.6) is 0 Å². The summed E-state index contributed by atoms with van der Waals surface area (Å²) in [6.07, 6.45) is -5.92. The predicted octanol–water partition coefficient (Wildman–Crippen LogP) is 6.93. The van der Waals surface area contributed by atoms with E-state index in [-0.39, 0.29) is 23.5 Å². The zero-order valence-electron chi connectivity index (χ0n) is 22.6. The Morgan fingerprint density at radius 2 is 1.55 bits per heavy atom. The first-order valence-electron chi connectivity index (χ1n) is 13.4. The lowest BCUT2D eigenvalue weighted by atomic mass is 9.98. The number of aromatic amines is 1. The Kier molecular flexibility index (Phi) is 6.70. The van der Waals surface area contributed by atoms with Gasteiger partial charge in [0.15, 0.2) is 0 Å². The Morgan fingerprint density at radius 3 is 2.17 bits per heavy atom. The van der Waals surface area contributed by atoms with Gasteiger partial charge in [-0.1, -0.05) is 44.2 Å². The topological polar surface area (TPSA) is 75.5 Å². The van der Waals surface area contributed by atoms with Crippen molar-refractivity contribution in [2.45, 2.75) is 52.0 Å². The van der Waals surface area contributed by atoms with Gasteiger partial charge in [0.2, 0.25) is 11.8 Å². The minimum atomic E-state index is -4.67. The van der Waals surface area contributed by atoms with Crippen LogP contribution in [0.25, 0.3) is 28.0 Å². The third-order valence-electron chi connectivity index (χ3n) is 7.50. The molecular weight excluding hydrogens is 560 g/mol. The number of imidazole rings is 1. The van der Waals surface area contributed by atoms with Crippen LogP contribution in [0.15, 0.2) is 48.8 Å². The zero-order valence-corrected chi connectivity index (χ0v) is 22.6. The average Bonchev–Trinajstić information content (AvgIpc) is 3.58. The number of aromatic nitrogens is 6. The highest BCUT2D eigenvalue weighted by Gasteiger charge is 2.36. The zero-order chi connectivity index (χ0) is 29.8. The van der Waals surface area contributed by atoms with Gasteiger partial charge in [0.25, 0.3) is 0 Å². The summed E-state index contributed by atoms with van der Waals surface area (Å²) in [6, 6.07) is 10.9. The number of anilines is 1. The number of aryl methyl sites for hydroxylation is 2. The number of fused-ring (bicyclic) bond motifs is 2. The number of alkyl halides is 6. The molecule has 0 amide bonds. The van der Waals surface area contributed by atoms with E-state index < -0.39 is 23.7 Å². The Hall–Kier alpha value is -4.42. The minimum absolute atomic E-state index is 0.118. The first-order valence-corrected chi connectivity index (χ1v) is 13.4. The van der Waals surface area contributed by atoms with Crippen molar-refractivity contribution >= 4 is 17.0 Å². The summed E-state index contributed by atoms with van der Waals surface area (Å²) in [5.74, 6) is -0.985. The van der Waals surface area contributed by atoms with Crippen molar-refractivity contribution in [1.82, 2.24) is 29.7 Å². The van der Waals surface area contributed by atoms with Gasteiger partial charge in [0.1, 0.15) is 0 Å². The monoisotopic (exact) mass is 585 g/mol. The summed E-state index contributed by atoms with van der Waals surface area (Å²) in [5.41, 5.74) is 4.79. The second-order valence-electron chi connectivity index (χ2n) is 10.0. The molecule has 0 radical (unpaired) electrons. The molecule has 0 atom stereocenters. The summed E-state index contributed by atoms with van der Waals surface area (Å²) >= 11 is 0. The molecule has 0 fully saturated rings. The second kappa shape index (κ2) is 10.1. The van der Waals surface area contributed by atoms with Gasteiger partial charge < -0.3 is 9.88 Å². The summed E-state index contributed by atoms with van der Waals surface area (Å²) in [5, 5.41) is 4.99. The number of benzene rings is 2. The van der Waals surface area contributed by atoms with Gasteiger partial charge in [-0.25, -0.2) is 19.6 Å². The van der Waals surface area contributed by atoms with E-state index >= 15 is 0 Å². The molecular formula is C29H25F6N7. The summed E-state index contributed by atoms with van der Waals surface area (Å²) in [6.45, 7) is 4.64. The number of para-hydroxylation sites is 2. The fraction of sp³-hybridized carbons (Fsp3) is 0.310. The van der Waals surface area contributed by atoms with Crippen molar-refractivity contribution in [1.29, 1.82) is 0 Å². The standard InChI is InChI=1S/C29H25F6N7/c1-3-16-7-5-8-17(4-2)24(16)42-25(19-9-6-10-22-23(19)39-26(38-22)29(33,34)35)20-15-41(12-11-21(20)40-42)27-36-13-18(14-37-27)28(30,31)32/h5-10,13-14H,3-4,11-12,15H2,1-2H3,(H,38,39). The molecule has 1 aliphatic rings. The molecule has 42 heavy (non-hydrogen) atoms. The fourth-order valence-electron chi connectivity index (χ4n) is 5.46. The van der Waals surface area contributed by atoms with Gasteiger partial charge in [-0.05, 0) is 30.0 Å². The normalized spacial score (nSPS) is 14.0. The van der Waals surface area contributed by atoms with Crippen LogP contribution in [0, 0.1) is 0 Å². The van der Waals surface area contributed by atoms with E-state index in [0.717, 1.165) is 40.5 Å². The number of hydrogen-bond acceptors (Lipinski definition) is 5. The van der Waals surface area contributed by atoms with Gasteiger partial charge in [0, 0.05) is 43.0 Å². The average molecular weight is 586 g/mol. The molecule has 0 aliphatic carbocycles. The molecule has 2 aromatic carbocycles. The van der Waals surface area contributed by atoms with Gasteiger partial charge in [-0.2, -0.15) is 31.4 Å². The summed E-state index contributed by atoms with van der Waals surface area (Å²) < 4.78 is 82.1. The molecule has 5 aromatic rings. The number of hydrogen-bond donors (Lipinski definition) is 1. The van der Waals surface area contributed by atoms with Crippen molar-refractivity contribution in [2.24, 2.45) is 0 Å². The van der Waals surface area contributed by atoms with Crippen molar-refractivity contribution < 1.29 is 26.3 Å².